The standard InChI is InChI=1S/C22H27Cl2N3O2/c1-14(2)20(26-21(28)16-10-6-8-12-18(16)24)22(29)25-13-19(27(3)4)15-9-5-7-11-17(15)23/h5-12,14,19-20H,13H2,1-4H3,(H,25,29)(H,26,28). The number of hydrogen-bond donors (Lipinski definition) is 2. The molecule has 0 aliphatic rings. The summed E-state index contributed by atoms with van der Waals surface area (Å²) in [5.74, 6) is -0.724. The zero-order chi connectivity index (χ0) is 21.6. The van der Waals surface area contributed by atoms with E-state index < -0.39 is 6.04 Å². The Kier molecular flexibility index (Phi) is 8.50. The number of amides is 2. The molecule has 0 aliphatic carbocycles. The lowest BCUT2D eigenvalue weighted by molar-refractivity contribution is -0.124. The summed E-state index contributed by atoms with van der Waals surface area (Å²) in [5, 5.41) is 6.75. The topological polar surface area (TPSA) is 61.4 Å². The van der Waals surface area contributed by atoms with Gasteiger partial charge in [0.2, 0.25) is 5.91 Å². The fraction of sp³-hybridized carbons (Fsp3) is 0.364. The number of nitrogens with zero attached hydrogens (tertiary/aromatic N) is 1. The van der Waals surface area contributed by atoms with Gasteiger partial charge in [-0.15, -0.1) is 0 Å². The van der Waals surface area contributed by atoms with Gasteiger partial charge in [-0.05, 0) is 43.8 Å². The summed E-state index contributed by atoms with van der Waals surface area (Å²) in [7, 11) is 3.86. The van der Waals surface area contributed by atoms with E-state index in [1.54, 1.807) is 24.3 Å². The highest BCUT2D eigenvalue weighted by Crippen LogP contribution is 2.25. The summed E-state index contributed by atoms with van der Waals surface area (Å²) >= 11 is 12.4. The largest absolute Gasteiger partial charge is 0.352 e. The monoisotopic (exact) mass is 435 g/mol. The van der Waals surface area contributed by atoms with Crippen LogP contribution in [0.3, 0.4) is 0 Å². The van der Waals surface area contributed by atoms with Crippen molar-refractivity contribution < 1.29 is 9.59 Å². The number of likely N-dealkylation sites (N-methyl/N-ethyl adjacent to an activating group) is 1. The van der Waals surface area contributed by atoms with Gasteiger partial charge in [0.05, 0.1) is 16.6 Å². The third-order valence-corrected chi connectivity index (χ3v) is 5.39. The van der Waals surface area contributed by atoms with Crippen LogP contribution in [0.4, 0.5) is 0 Å². The van der Waals surface area contributed by atoms with Crippen molar-refractivity contribution in [2.75, 3.05) is 20.6 Å². The van der Waals surface area contributed by atoms with Crippen LogP contribution < -0.4 is 10.6 Å². The fourth-order valence-corrected chi connectivity index (χ4v) is 3.51. The molecule has 0 heterocycles. The van der Waals surface area contributed by atoms with Crippen LogP contribution >= 0.6 is 23.2 Å². The molecule has 0 bridgehead atoms. The molecule has 0 saturated heterocycles. The van der Waals surface area contributed by atoms with Crippen LogP contribution in [0.15, 0.2) is 48.5 Å². The molecule has 0 aliphatic heterocycles. The number of nitrogens with one attached hydrogen (secondary N) is 2. The molecular weight excluding hydrogens is 409 g/mol. The van der Waals surface area contributed by atoms with Crippen molar-refractivity contribution in [2.45, 2.75) is 25.9 Å². The van der Waals surface area contributed by atoms with Crippen molar-refractivity contribution in [3.05, 3.63) is 69.7 Å². The smallest absolute Gasteiger partial charge is 0.253 e. The first-order valence-electron chi connectivity index (χ1n) is 9.46. The van der Waals surface area contributed by atoms with Crippen LogP contribution in [0, 0.1) is 5.92 Å². The Morgan fingerprint density at radius 2 is 1.55 bits per heavy atom. The van der Waals surface area contributed by atoms with Gasteiger partial charge < -0.3 is 15.5 Å². The third kappa shape index (κ3) is 6.20. The van der Waals surface area contributed by atoms with Crippen LogP contribution in [-0.4, -0.2) is 43.4 Å². The summed E-state index contributed by atoms with van der Waals surface area (Å²) in [6.07, 6.45) is 0. The van der Waals surface area contributed by atoms with E-state index in [0.717, 1.165) is 5.56 Å². The van der Waals surface area contributed by atoms with Crippen molar-refractivity contribution in [2.24, 2.45) is 5.92 Å². The number of rotatable bonds is 8. The van der Waals surface area contributed by atoms with Gasteiger partial charge in [-0.3, -0.25) is 9.59 Å². The maximum absolute atomic E-state index is 12.9. The van der Waals surface area contributed by atoms with E-state index in [1.807, 2.05) is 57.1 Å². The normalized spacial score (nSPS) is 13.2. The Morgan fingerprint density at radius 1 is 0.966 bits per heavy atom. The second-order valence-corrected chi connectivity index (χ2v) is 8.24. The molecule has 2 N–H and O–H groups in total. The molecule has 2 unspecified atom stereocenters. The first-order chi connectivity index (χ1) is 13.7. The van der Waals surface area contributed by atoms with E-state index in [0.29, 0.717) is 22.2 Å². The summed E-state index contributed by atoms with van der Waals surface area (Å²) < 4.78 is 0. The summed E-state index contributed by atoms with van der Waals surface area (Å²) in [5.41, 5.74) is 1.27. The SMILES string of the molecule is CC(C)C(NC(=O)c1ccccc1Cl)C(=O)NCC(c1ccccc1Cl)N(C)C. The predicted octanol–water partition coefficient (Wildman–Crippen LogP) is 4.17. The van der Waals surface area contributed by atoms with Crippen molar-refractivity contribution in [3.8, 4) is 0 Å². The molecular formula is C22H27Cl2N3O2. The molecule has 0 fully saturated rings. The minimum absolute atomic E-state index is 0.0975. The number of carbonyl (C=O) groups excluding carboxylic acids is 2. The molecule has 7 heteroatoms. The summed E-state index contributed by atoms with van der Waals surface area (Å²) in [6.45, 7) is 4.13. The van der Waals surface area contributed by atoms with E-state index in [-0.39, 0.29) is 23.8 Å². The van der Waals surface area contributed by atoms with E-state index in [2.05, 4.69) is 10.6 Å². The lowest BCUT2D eigenvalue weighted by Crippen LogP contribution is -2.51. The Bertz CT molecular complexity index is 855. The van der Waals surface area contributed by atoms with Gasteiger partial charge in [0, 0.05) is 11.6 Å². The highest BCUT2D eigenvalue weighted by atomic mass is 35.5. The highest BCUT2D eigenvalue weighted by molar-refractivity contribution is 6.33. The van der Waals surface area contributed by atoms with Crippen LogP contribution in [0.25, 0.3) is 0 Å². The minimum atomic E-state index is -0.687. The number of hydrogen-bond acceptors (Lipinski definition) is 3. The Hall–Kier alpha value is -2.08. The average molecular weight is 436 g/mol. The van der Waals surface area contributed by atoms with Gasteiger partial charge in [0.1, 0.15) is 6.04 Å². The van der Waals surface area contributed by atoms with Crippen molar-refractivity contribution in [1.82, 2.24) is 15.5 Å². The summed E-state index contributed by atoms with van der Waals surface area (Å²) in [6, 6.07) is 13.5. The maximum atomic E-state index is 12.9. The quantitative estimate of drug-likeness (QED) is 0.653. The van der Waals surface area contributed by atoms with Gasteiger partial charge in [0.15, 0.2) is 0 Å². The first kappa shape index (κ1) is 23.2. The van der Waals surface area contributed by atoms with Crippen LogP contribution in [-0.2, 0) is 4.79 Å². The molecule has 0 aromatic heterocycles. The number of benzene rings is 2. The maximum Gasteiger partial charge on any atom is 0.253 e. The van der Waals surface area contributed by atoms with Crippen LogP contribution in [0.2, 0.25) is 10.0 Å². The molecule has 29 heavy (non-hydrogen) atoms. The number of halogens is 2. The van der Waals surface area contributed by atoms with Crippen molar-refractivity contribution in [3.63, 3.8) is 0 Å². The molecule has 0 saturated carbocycles. The Morgan fingerprint density at radius 3 is 2.10 bits per heavy atom. The predicted molar refractivity (Wildman–Crippen MR) is 118 cm³/mol. The highest BCUT2D eigenvalue weighted by Gasteiger charge is 2.26. The molecule has 0 spiro atoms. The second-order valence-electron chi connectivity index (χ2n) is 7.42. The summed E-state index contributed by atoms with van der Waals surface area (Å²) in [4.78, 5) is 27.5. The molecule has 2 rings (SSSR count). The average Bonchev–Trinajstić information content (AvgIpc) is 2.67. The lowest BCUT2D eigenvalue weighted by atomic mass is 10.0. The van der Waals surface area contributed by atoms with E-state index in [4.69, 9.17) is 23.2 Å². The zero-order valence-corrected chi connectivity index (χ0v) is 18.6. The van der Waals surface area contributed by atoms with Crippen molar-refractivity contribution in [1.29, 1.82) is 0 Å². The van der Waals surface area contributed by atoms with Crippen LogP contribution in [0.5, 0.6) is 0 Å². The third-order valence-electron chi connectivity index (χ3n) is 4.71. The van der Waals surface area contributed by atoms with Gasteiger partial charge in [0.25, 0.3) is 5.91 Å². The Balaban J connectivity index is 2.10. The Labute approximate surface area is 182 Å². The molecule has 0 radical (unpaired) electrons. The fourth-order valence-electron chi connectivity index (χ4n) is 3.02. The lowest BCUT2D eigenvalue weighted by Gasteiger charge is -2.28. The molecule has 2 aromatic carbocycles. The van der Waals surface area contributed by atoms with Gasteiger partial charge in [-0.2, -0.15) is 0 Å². The van der Waals surface area contributed by atoms with Crippen LogP contribution in [0.1, 0.15) is 35.8 Å². The van der Waals surface area contributed by atoms with Gasteiger partial charge >= 0.3 is 0 Å². The van der Waals surface area contributed by atoms with Crippen molar-refractivity contribution >= 4 is 35.0 Å². The molecule has 2 aromatic rings. The van der Waals surface area contributed by atoms with Gasteiger partial charge in [-0.1, -0.05) is 67.4 Å². The zero-order valence-electron chi connectivity index (χ0n) is 17.1. The number of carbonyl (C=O) groups is 2. The van der Waals surface area contributed by atoms with Gasteiger partial charge in [-0.25, -0.2) is 0 Å². The molecule has 2 atom stereocenters. The molecule has 2 amide bonds. The molecule has 156 valence electrons. The van der Waals surface area contributed by atoms with E-state index >= 15 is 0 Å². The minimum Gasteiger partial charge on any atom is -0.352 e. The first-order valence-corrected chi connectivity index (χ1v) is 10.2. The molecule has 5 nitrogen and oxygen atoms in total. The second kappa shape index (κ2) is 10.6. The van der Waals surface area contributed by atoms with E-state index in [1.165, 1.54) is 0 Å². The van der Waals surface area contributed by atoms with E-state index in [9.17, 15) is 9.59 Å².